The molecule has 1 heterocycles. The zero-order chi connectivity index (χ0) is 33.0. The van der Waals surface area contributed by atoms with Crippen molar-refractivity contribution in [1.29, 1.82) is 0 Å². The largest absolute Gasteiger partial charge is 0.464 e. The minimum atomic E-state index is -1.33. The van der Waals surface area contributed by atoms with Crippen LogP contribution in [0.25, 0.3) is 0 Å². The van der Waals surface area contributed by atoms with Crippen molar-refractivity contribution in [2.75, 3.05) is 20.2 Å². The second kappa shape index (κ2) is 16.8. The summed E-state index contributed by atoms with van der Waals surface area (Å²) in [6, 6.07) is 5.23. The van der Waals surface area contributed by atoms with Crippen molar-refractivity contribution in [3.8, 4) is 0 Å². The van der Waals surface area contributed by atoms with Gasteiger partial charge in [-0.15, -0.1) is 0 Å². The predicted octanol–water partition coefficient (Wildman–Crippen LogP) is -0.215. The van der Waals surface area contributed by atoms with E-state index in [1.807, 2.05) is 6.07 Å². The average Bonchev–Trinajstić information content (AvgIpc) is 3.46. The number of esters is 1. The van der Waals surface area contributed by atoms with E-state index in [1.54, 1.807) is 31.2 Å². The first kappa shape index (κ1) is 35.5. The summed E-state index contributed by atoms with van der Waals surface area (Å²) in [5.74, 6) is -3.51. The van der Waals surface area contributed by atoms with Gasteiger partial charge < -0.3 is 30.3 Å². The van der Waals surface area contributed by atoms with E-state index in [1.165, 1.54) is 39.6 Å². The highest BCUT2D eigenvalue weighted by Crippen LogP contribution is 2.19. The molecule has 0 aromatic heterocycles. The molecule has 1 saturated heterocycles. The first-order valence-corrected chi connectivity index (χ1v) is 14.4. The summed E-state index contributed by atoms with van der Waals surface area (Å²) in [6.45, 7) is 7.54. The van der Waals surface area contributed by atoms with Crippen molar-refractivity contribution in [1.82, 2.24) is 31.3 Å². The Bertz CT molecular complexity index is 1210. The normalized spacial score (nSPS) is 16.8. The molecule has 1 fully saturated rings. The standard InChI is InChI=1S/C29H42N6O9/c1-7-43-28(41)22(16-21-12-9-8-10-13-21)32-25(38)19(4)44-29(42)34(6)33-26(39)23-14-11-15-35(23)27(40)18(3)31-24(37)17(2)30-20(5)36/h8-10,12-13,17-19,22-23H,7,11,14-16H2,1-6H3,(H,30,36)(H,31,37)(H,32,38)(H,33,39)/t17-,18-,19-,22-,23-/m0/s1. The lowest BCUT2D eigenvalue weighted by molar-refractivity contribution is -0.148. The Hall–Kier alpha value is -4.69. The number of benzene rings is 1. The van der Waals surface area contributed by atoms with Crippen LogP contribution in [0, 0.1) is 0 Å². The van der Waals surface area contributed by atoms with Gasteiger partial charge >= 0.3 is 12.1 Å². The lowest BCUT2D eigenvalue weighted by Crippen LogP contribution is -2.57. The second-order valence-corrected chi connectivity index (χ2v) is 10.4. The maximum absolute atomic E-state index is 13.0. The Kier molecular flexibility index (Phi) is 13.6. The van der Waals surface area contributed by atoms with E-state index >= 15 is 0 Å². The van der Waals surface area contributed by atoms with Gasteiger partial charge in [0.2, 0.25) is 17.7 Å². The van der Waals surface area contributed by atoms with Crippen LogP contribution in [-0.2, 0) is 44.7 Å². The molecule has 4 N–H and O–H groups in total. The molecule has 242 valence electrons. The quantitative estimate of drug-likeness (QED) is 0.181. The molecule has 5 atom stereocenters. The number of carbonyl (C=O) groups is 7. The minimum absolute atomic E-state index is 0.115. The third kappa shape index (κ3) is 10.5. The van der Waals surface area contributed by atoms with Gasteiger partial charge in [0.1, 0.15) is 24.2 Å². The van der Waals surface area contributed by atoms with E-state index in [9.17, 15) is 33.6 Å². The first-order valence-electron chi connectivity index (χ1n) is 14.4. The van der Waals surface area contributed by atoms with Crippen LogP contribution in [0.5, 0.6) is 0 Å². The third-order valence-corrected chi connectivity index (χ3v) is 6.75. The molecule has 0 aliphatic carbocycles. The number of rotatable bonds is 12. The monoisotopic (exact) mass is 618 g/mol. The fraction of sp³-hybridized carbons (Fsp3) is 0.552. The Labute approximate surface area is 256 Å². The summed E-state index contributed by atoms with van der Waals surface area (Å²) < 4.78 is 10.3. The van der Waals surface area contributed by atoms with Crippen molar-refractivity contribution in [2.45, 2.75) is 84.2 Å². The van der Waals surface area contributed by atoms with E-state index in [0.717, 1.165) is 10.6 Å². The Morgan fingerprint density at radius 3 is 2.23 bits per heavy atom. The van der Waals surface area contributed by atoms with Crippen LogP contribution in [0.15, 0.2) is 30.3 Å². The molecule has 1 aliphatic heterocycles. The maximum atomic E-state index is 13.0. The van der Waals surface area contributed by atoms with Gasteiger partial charge in [0, 0.05) is 26.9 Å². The van der Waals surface area contributed by atoms with Gasteiger partial charge in [0.15, 0.2) is 6.10 Å². The van der Waals surface area contributed by atoms with Crippen LogP contribution in [0.1, 0.15) is 53.0 Å². The van der Waals surface area contributed by atoms with Gasteiger partial charge in [-0.2, -0.15) is 0 Å². The molecule has 2 rings (SSSR count). The van der Waals surface area contributed by atoms with E-state index in [-0.39, 0.29) is 19.6 Å². The Balaban J connectivity index is 1.94. The third-order valence-electron chi connectivity index (χ3n) is 6.75. The van der Waals surface area contributed by atoms with Gasteiger partial charge in [-0.25, -0.2) is 14.6 Å². The van der Waals surface area contributed by atoms with Crippen molar-refractivity contribution in [2.24, 2.45) is 0 Å². The summed E-state index contributed by atoms with van der Waals surface area (Å²) >= 11 is 0. The van der Waals surface area contributed by atoms with Gasteiger partial charge in [-0.3, -0.25) is 29.4 Å². The Morgan fingerprint density at radius 1 is 0.955 bits per heavy atom. The number of hydrogen-bond acceptors (Lipinski definition) is 9. The van der Waals surface area contributed by atoms with Crippen LogP contribution in [0.3, 0.4) is 0 Å². The highest BCUT2D eigenvalue weighted by atomic mass is 16.6. The number of hydrazine groups is 1. The van der Waals surface area contributed by atoms with Crippen molar-refractivity contribution < 1.29 is 43.0 Å². The van der Waals surface area contributed by atoms with E-state index in [4.69, 9.17) is 9.47 Å². The first-order chi connectivity index (χ1) is 20.7. The second-order valence-electron chi connectivity index (χ2n) is 10.4. The Morgan fingerprint density at radius 2 is 1.61 bits per heavy atom. The summed E-state index contributed by atoms with van der Waals surface area (Å²) in [5.41, 5.74) is 3.15. The average molecular weight is 619 g/mol. The highest BCUT2D eigenvalue weighted by molar-refractivity contribution is 5.94. The molecular formula is C29H42N6O9. The zero-order valence-corrected chi connectivity index (χ0v) is 25.9. The number of nitrogens with one attached hydrogen (secondary N) is 4. The lowest BCUT2D eigenvalue weighted by atomic mass is 10.1. The minimum Gasteiger partial charge on any atom is -0.464 e. The number of ether oxygens (including phenoxy) is 2. The molecule has 15 heteroatoms. The van der Waals surface area contributed by atoms with Crippen LogP contribution in [-0.4, -0.2) is 102 Å². The predicted molar refractivity (Wildman–Crippen MR) is 156 cm³/mol. The summed E-state index contributed by atoms with van der Waals surface area (Å²) in [5, 5.41) is 8.25. The molecule has 1 aromatic rings. The highest BCUT2D eigenvalue weighted by Gasteiger charge is 2.37. The van der Waals surface area contributed by atoms with E-state index < -0.39 is 71.9 Å². The zero-order valence-electron chi connectivity index (χ0n) is 25.9. The van der Waals surface area contributed by atoms with Crippen LogP contribution < -0.4 is 21.4 Å². The fourth-order valence-electron chi connectivity index (χ4n) is 4.47. The smallest absolute Gasteiger partial charge is 0.429 e. The van der Waals surface area contributed by atoms with Crippen molar-refractivity contribution in [3.63, 3.8) is 0 Å². The molecule has 0 radical (unpaired) electrons. The van der Waals surface area contributed by atoms with Gasteiger partial charge in [-0.1, -0.05) is 30.3 Å². The lowest BCUT2D eigenvalue weighted by Gasteiger charge is -2.29. The van der Waals surface area contributed by atoms with Gasteiger partial charge in [0.25, 0.3) is 11.8 Å². The summed E-state index contributed by atoms with van der Waals surface area (Å²) in [4.78, 5) is 88.8. The molecular weight excluding hydrogens is 576 g/mol. The van der Waals surface area contributed by atoms with Crippen molar-refractivity contribution in [3.05, 3.63) is 35.9 Å². The van der Waals surface area contributed by atoms with Crippen LogP contribution >= 0.6 is 0 Å². The SMILES string of the molecule is CCOC(=O)[C@H](Cc1ccccc1)NC(=O)[C@H](C)OC(=O)N(C)NC(=O)[C@@H]1CCCN1C(=O)[C@H](C)NC(=O)[C@H](C)NC(C)=O. The molecule has 0 unspecified atom stereocenters. The van der Waals surface area contributed by atoms with Crippen LogP contribution in [0.4, 0.5) is 4.79 Å². The molecule has 0 saturated carbocycles. The molecule has 44 heavy (non-hydrogen) atoms. The van der Waals surface area contributed by atoms with Gasteiger partial charge in [-0.05, 0) is 46.1 Å². The van der Waals surface area contributed by atoms with Gasteiger partial charge in [0.05, 0.1) is 6.61 Å². The van der Waals surface area contributed by atoms with E-state index in [0.29, 0.717) is 12.8 Å². The topological polar surface area (TPSA) is 193 Å². The molecule has 15 nitrogen and oxygen atoms in total. The van der Waals surface area contributed by atoms with Crippen molar-refractivity contribution >= 4 is 41.6 Å². The van der Waals surface area contributed by atoms with E-state index in [2.05, 4.69) is 21.4 Å². The summed E-state index contributed by atoms with van der Waals surface area (Å²) in [7, 11) is 1.22. The number of likely N-dealkylation sites (tertiary alicyclic amines) is 1. The van der Waals surface area contributed by atoms with Crippen LogP contribution in [0.2, 0.25) is 0 Å². The summed E-state index contributed by atoms with van der Waals surface area (Å²) in [6.07, 6.45) is -1.39. The molecule has 0 spiro atoms. The number of nitrogens with zero attached hydrogens (tertiary/aromatic N) is 2. The number of hydrogen-bond donors (Lipinski definition) is 4. The number of carbonyl (C=O) groups excluding carboxylic acids is 7. The molecule has 6 amide bonds. The maximum Gasteiger partial charge on any atom is 0.429 e. The molecule has 1 aromatic carbocycles. The molecule has 1 aliphatic rings. The fourth-order valence-corrected chi connectivity index (χ4v) is 4.47. The molecule has 0 bridgehead atoms. The number of amides is 6.